The standard InChI is InChI=1S/C12H19N3O/c1-4-9-6-8-7-11(16)13-14-12(8)10(5-2)15(9)3/h7,9-10H,4-6H2,1-3H3,(H,13,16)/t9-,10?/m1/s1. The van der Waals surface area contributed by atoms with E-state index >= 15 is 0 Å². The van der Waals surface area contributed by atoms with Crippen molar-refractivity contribution in [2.24, 2.45) is 0 Å². The van der Waals surface area contributed by atoms with E-state index in [2.05, 4.69) is 36.0 Å². The molecule has 1 aliphatic rings. The number of rotatable bonds is 2. The zero-order valence-electron chi connectivity index (χ0n) is 10.2. The largest absolute Gasteiger partial charge is 0.294 e. The van der Waals surface area contributed by atoms with Gasteiger partial charge in [0.15, 0.2) is 0 Å². The Balaban J connectivity index is 2.46. The molecule has 0 radical (unpaired) electrons. The number of fused-ring (bicyclic) bond motifs is 1. The molecule has 1 unspecified atom stereocenters. The average Bonchev–Trinajstić information content (AvgIpc) is 2.28. The maximum Gasteiger partial charge on any atom is 0.264 e. The van der Waals surface area contributed by atoms with Gasteiger partial charge >= 0.3 is 0 Å². The second-order valence-electron chi connectivity index (χ2n) is 4.50. The Morgan fingerprint density at radius 3 is 2.88 bits per heavy atom. The molecule has 2 atom stereocenters. The fourth-order valence-corrected chi connectivity index (χ4v) is 2.66. The monoisotopic (exact) mass is 221 g/mol. The molecule has 0 aromatic carbocycles. The van der Waals surface area contributed by atoms with Crippen molar-refractivity contribution >= 4 is 0 Å². The van der Waals surface area contributed by atoms with Gasteiger partial charge in [0.05, 0.1) is 11.7 Å². The summed E-state index contributed by atoms with van der Waals surface area (Å²) in [6, 6.07) is 2.58. The predicted molar refractivity (Wildman–Crippen MR) is 63.4 cm³/mol. The molecule has 4 nitrogen and oxygen atoms in total. The van der Waals surface area contributed by atoms with Gasteiger partial charge in [-0.1, -0.05) is 13.8 Å². The Kier molecular flexibility index (Phi) is 3.10. The molecule has 88 valence electrons. The molecular formula is C12H19N3O. The van der Waals surface area contributed by atoms with E-state index in [9.17, 15) is 4.79 Å². The fraction of sp³-hybridized carbons (Fsp3) is 0.667. The van der Waals surface area contributed by atoms with Gasteiger partial charge in [-0.25, -0.2) is 5.10 Å². The molecule has 1 aromatic rings. The lowest BCUT2D eigenvalue weighted by Crippen LogP contribution is -2.41. The van der Waals surface area contributed by atoms with Crippen molar-refractivity contribution in [1.82, 2.24) is 15.1 Å². The van der Waals surface area contributed by atoms with Gasteiger partial charge in [-0.2, -0.15) is 5.10 Å². The molecule has 0 amide bonds. The normalized spacial score (nSPS) is 25.4. The number of aromatic amines is 1. The van der Waals surface area contributed by atoms with Crippen molar-refractivity contribution in [2.75, 3.05) is 7.05 Å². The third-order valence-electron chi connectivity index (χ3n) is 3.62. The topological polar surface area (TPSA) is 49.0 Å². The fourth-order valence-electron chi connectivity index (χ4n) is 2.66. The molecule has 0 saturated heterocycles. The first-order valence-electron chi connectivity index (χ1n) is 5.97. The zero-order chi connectivity index (χ0) is 11.7. The van der Waals surface area contributed by atoms with Gasteiger partial charge in [-0.05, 0) is 31.9 Å². The molecule has 1 aromatic heterocycles. The lowest BCUT2D eigenvalue weighted by molar-refractivity contribution is 0.141. The lowest BCUT2D eigenvalue weighted by Gasteiger charge is -2.39. The molecule has 2 heterocycles. The molecule has 0 bridgehead atoms. The second-order valence-corrected chi connectivity index (χ2v) is 4.50. The highest BCUT2D eigenvalue weighted by Gasteiger charge is 2.31. The van der Waals surface area contributed by atoms with Gasteiger partial charge < -0.3 is 0 Å². The summed E-state index contributed by atoms with van der Waals surface area (Å²) in [5.74, 6) is 0. The second kappa shape index (κ2) is 4.37. The minimum absolute atomic E-state index is 0.0898. The van der Waals surface area contributed by atoms with E-state index < -0.39 is 0 Å². The summed E-state index contributed by atoms with van der Waals surface area (Å²) in [6.07, 6.45) is 3.08. The van der Waals surface area contributed by atoms with Gasteiger partial charge in [0.2, 0.25) is 0 Å². The first kappa shape index (κ1) is 11.3. The maximum absolute atomic E-state index is 11.3. The average molecular weight is 221 g/mol. The first-order valence-corrected chi connectivity index (χ1v) is 5.97. The zero-order valence-corrected chi connectivity index (χ0v) is 10.2. The van der Waals surface area contributed by atoms with Crippen LogP contribution in [-0.4, -0.2) is 28.2 Å². The lowest BCUT2D eigenvalue weighted by atomic mass is 9.90. The van der Waals surface area contributed by atoms with Crippen LogP contribution in [-0.2, 0) is 6.42 Å². The third kappa shape index (κ3) is 1.78. The Morgan fingerprint density at radius 2 is 2.25 bits per heavy atom. The molecule has 1 N–H and O–H groups in total. The summed E-state index contributed by atoms with van der Waals surface area (Å²) < 4.78 is 0. The van der Waals surface area contributed by atoms with E-state index in [1.165, 1.54) is 0 Å². The van der Waals surface area contributed by atoms with Crippen LogP contribution in [0.2, 0.25) is 0 Å². The van der Waals surface area contributed by atoms with E-state index in [0.717, 1.165) is 30.5 Å². The SMILES string of the molecule is CCC1c2n[nH]c(=O)cc2C[C@@H](CC)N1C. The Bertz CT molecular complexity index is 427. The van der Waals surface area contributed by atoms with Gasteiger partial charge in [-0.15, -0.1) is 0 Å². The van der Waals surface area contributed by atoms with Gasteiger partial charge in [0, 0.05) is 12.1 Å². The number of likely N-dealkylation sites (N-methyl/N-ethyl adjacent to an activating group) is 1. The smallest absolute Gasteiger partial charge is 0.264 e. The van der Waals surface area contributed by atoms with E-state index in [0.29, 0.717) is 12.1 Å². The van der Waals surface area contributed by atoms with Gasteiger partial charge in [-0.3, -0.25) is 9.69 Å². The molecule has 0 spiro atoms. The number of aromatic nitrogens is 2. The van der Waals surface area contributed by atoms with Crippen LogP contribution in [0.15, 0.2) is 10.9 Å². The van der Waals surface area contributed by atoms with Crippen LogP contribution in [0.1, 0.15) is 44.0 Å². The van der Waals surface area contributed by atoms with Crippen molar-refractivity contribution in [3.8, 4) is 0 Å². The number of nitrogens with one attached hydrogen (secondary N) is 1. The maximum atomic E-state index is 11.3. The van der Waals surface area contributed by atoms with Crippen LogP contribution in [0.3, 0.4) is 0 Å². The van der Waals surface area contributed by atoms with Gasteiger partial charge in [0.1, 0.15) is 0 Å². The van der Waals surface area contributed by atoms with E-state index in [-0.39, 0.29) is 5.56 Å². The third-order valence-corrected chi connectivity index (χ3v) is 3.62. The summed E-state index contributed by atoms with van der Waals surface area (Å²) >= 11 is 0. The molecular weight excluding hydrogens is 202 g/mol. The molecule has 1 aliphatic heterocycles. The van der Waals surface area contributed by atoms with Crippen molar-refractivity contribution < 1.29 is 0 Å². The van der Waals surface area contributed by atoms with Crippen LogP contribution in [0.4, 0.5) is 0 Å². The molecule has 16 heavy (non-hydrogen) atoms. The highest BCUT2D eigenvalue weighted by atomic mass is 16.1. The molecule has 4 heteroatoms. The quantitative estimate of drug-likeness (QED) is 0.823. The van der Waals surface area contributed by atoms with E-state index in [1.807, 2.05) is 0 Å². The number of H-pyrrole nitrogens is 1. The van der Waals surface area contributed by atoms with Crippen LogP contribution >= 0.6 is 0 Å². The Labute approximate surface area is 95.7 Å². The van der Waals surface area contributed by atoms with E-state index in [1.54, 1.807) is 6.07 Å². The van der Waals surface area contributed by atoms with Gasteiger partial charge in [0.25, 0.3) is 5.56 Å². The van der Waals surface area contributed by atoms with Crippen LogP contribution < -0.4 is 5.56 Å². The van der Waals surface area contributed by atoms with E-state index in [4.69, 9.17) is 0 Å². The molecule has 2 rings (SSSR count). The highest BCUT2D eigenvalue weighted by molar-refractivity contribution is 5.25. The highest BCUT2D eigenvalue weighted by Crippen LogP contribution is 2.32. The molecule has 0 aliphatic carbocycles. The molecule has 0 fully saturated rings. The van der Waals surface area contributed by atoms with Crippen LogP contribution in [0.5, 0.6) is 0 Å². The number of hydrogen-bond acceptors (Lipinski definition) is 3. The Morgan fingerprint density at radius 1 is 1.50 bits per heavy atom. The predicted octanol–water partition coefficient (Wildman–Crippen LogP) is 1.49. The van der Waals surface area contributed by atoms with Crippen molar-refractivity contribution in [3.05, 3.63) is 27.7 Å². The molecule has 0 saturated carbocycles. The van der Waals surface area contributed by atoms with Crippen molar-refractivity contribution in [1.29, 1.82) is 0 Å². The number of nitrogens with zero attached hydrogens (tertiary/aromatic N) is 2. The summed E-state index contributed by atoms with van der Waals surface area (Å²) in [5.41, 5.74) is 2.09. The van der Waals surface area contributed by atoms with Crippen molar-refractivity contribution in [3.63, 3.8) is 0 Å². The summed E-state index contributed by atoms with van der Waals surface area (Å²) in [6.45, 7) is 4.36. The summed E-state index contributed by atoms with van der Waals surface area (Å²) in [4.78, 5) is 13.7. The summed E-state index contributed by atoms with van der Waals surface area (Å²) in [5, 5.41) is 6.76. The Hall–Kier alpha value is -1.16. The van der Waals surface area contributed by atoms with Crippen LogP contribution in [0.25, 0.3) is 0 Å². The minimum Gasteiger partial charge on any atom is -0.294 e. The van der Waals surface area contributed by atoms with Crippen LogP contribution in [0, 0.1) is 0 Å². The first-order chi connectivity index (χ1) is 7.67. The minimum atomic E-state index is -0.0898. The van der Waals surface area contributed by atoms with Crippen molar-refractivity contribution in [2.45, 2.75) is 45.2 Å². The summed E-state index contributed by atoms with van der Waals surface area (Å²) in [7, 11) is 2.15. The number of hydrogen-bond donors (Lipinski definition) is 1.